The molecule has 0 radical (unpaired) electrons. The minimum absolute atomic E-state index is 0.0856. The second-order valence-corrected chi connectivity index (χ2v) is 7.78. The van der Waals surface area contributed by atoms with Crippen molar-refractivity contribution >= 4 is 11.9 Å². The Labute approximate surface area is 197 Å². The molecule has 8 heteroatoms. The van der Waals surface area contributed by atoms with Crippen molar-refractivity contribution in [3.63, 3.8) is 0 Å². The van der Waals surface area contributed by atoms with E-state index < -0.39 is 0 Å². The maximum Gasteiger partial charge on any atom is 0.254 e. The third kappa shape index (κ3) is 5.23. The van der Waals surface area contributed by atoms with E-state index in [9.17, 15) is 9.18 Å². The minimum atomic E-state index is -0.307. The highest BCUT2D eigenvalue weighted by molar-refractivity contribution is 5.83. The summed E-state index contributed by atoms with van der Waals surface area (Å²) in [6, 6.07) is 19.2. The Kier molecular flexibility index (Phi) is 6.87. The van der Waals surface area contributed by atoms with Crippen LogP contribution in [0.3, 0.4) is 0 Å². The lowest BCUT2D eigenvalue weighted by atomic mass is 10.1. The van der Waals surface area contributed by atoms with Crippen LogP contribution in [0, 0.1) is 12.7 Å². The first-order valence-electron chi connectivity index (χ1n) is 10.7. The normalized spacial score (nSPS) is 10.7. The van der Waals surface area contributed by atoms with Crippen LogP contribution in [0.15, 0.2) is 66.7 Å². The highest BCUT2D eigenvalue weighted by Gasteiger charge is 2.18. The van der Waals surface area contributed by atoms with Crippen LogP contribution < -0.4 is 14.8 Å². The van der Waals surface area contributed by atoms with Gasteiger partial charge in [0.1, 0.15) is 5.82 Å². The van der Waals surface area contributed by atoms with E-state index in [1.807, 2.05) is 37.3 Å². The minimum Gasteiger partial charge on any atom is -0.493 e. The third-order valence-corrected chi connectivity index (χ3v) is 5.32. The quantitative estimate of drug-likeness (QED) is 0.403. The molecule has 4 aromatic rings. The van der Waals surface area contributed by atoms with Gasteiger partial charge in [-0.25, -0.2) is 4.39 Å². The number of halogens is 1. The standard InChI is InChI=1S/C26H25FN4O3/c1-17-4-9-20(10-5-17)25-29-26(28-16-18-6-11-21(27)12-7-18)31(30-25)24(32)15-19-8-13-22(33-2)23(14-19)34-3/h4-14H,15-16H2,1-3H3,(H,28,29,30). The zero-order valence-electron chi connectivity index (χ0n) is 19.2. The van der Waals surface area contributed by atoms with Crippen molar-refractivity contribution in [3.8, 4) is 22.9 Å². The number of methoxy groups -OCH3 is 2. The molecule has 7 nitrogen and oxygen atoms in total. The van der Waals surface area contributed by atoms with Gasteiger partial charge in [-0.2, -0.15) is 9.67 Å². The number of hydrogen-bond donors (Lipinski definition) is 1. The number of aryl methyl sites for hydroxylation is 1. The summed E-state index contributed by atoms with van der Waals surface area (Å²) in [7, 11) is 3.11. The number of aromatic nitrogens is 3. The first-order valence-corrected chi connectivity index (χ1v) is 10.7. The molecule has 0 spiro atoms. The second-order valence-electron chi connectivity index (χ2n) is 7.78. The van der Waals surface area contributed by atoms with E-state index in [0.717, 1.165) is 22.3 Å². The highest BCUT2D eigenvalue weighted by atomic mass is 19.1. The van der Waals surface area contributed by atoms with Crippen molar-refractivity contribution < 1.29 is 18.7 Å². The Balaban J connectivity index is 1.62. The van der Waals surface area contributed by atoms with Gasteiger partial charge in [0.2, 0.25) is 5.95 Å². The molecule has 0 aliphatic rings. The molecule has 4 rings (SSSR count). The number of carbonyl (C=O) groups excluding carboxylic acids is 1. The van der Waals surface area contributed by atoms with Crippen molar-refractivity contribution in [2.45, 2.75) is 19.9 Å². The van der Waals surface area contributed by atoms with E-state index in [4.69, 9.17) is 9.47 Å². The second kappa shape index (κ2) is 10.2. The van der Waals surface area contributed by atoms with Gasteiger partial charge < -0.3 is 14.8 Å². The summed E-state index contributed by atoms with van der Waals surface area (Å²) in [6.45, 7) is 2.36. The van der Waals surface area contributed by atoms with Crippen LogP contribution in [-0.2, 0) is 13.0 Å². The Bertz CT molecular complexity index is 1280. The number of hydrogen-bond acceptors (Lipinski definition) is 6. The maximum atomic E-state index is 13.2. The molecule has 34 heavy (non-hydrogen) atoms. The van der Waals surface area contributed by atoms with E-state index in [0.29, 0.717) is 29.8 Å². The van der Waals surface area contributed by atoms with Gasteiger partial charge >= 0.3 is 0 Å². The molecule has 1 heterocycles. The van der Waals surface area contributed by atoms with E-state index >= 15 is 0 Å². The molecular formula is C26H25FN4O3. The number of carbonyl (C=O) groups is 1. The molecule has 0 unspecified atom stereocenters. The van der Waals surface area contributed by atoms with Gasteiger partial charge in [0.05, 0.1) is 20.6 Å². The number of anilines is 1. The zero-order chi connectivity index (χ0) is 24.1. The van der Waals surface area contributed by atoms with Crippen molar-refractivity contribution in [3.05, 3.63) is 89.2 Å². The molecule has 3 aromatic carbocycles. The fourth-order valence-electron chi connectivity index (χ4n) is 3.45. The van der Waals surface area contributed by atoms with Crippen LogP contribution in [0.2, 0.25) is 0 Å². The molecule has 174 valence electrons. The lowest BCUT2D eigenvalue weighted by Crippen LogP contribution is -2.18. The van der Waals surface area contributed by atoms with Crippen LogP contribution in [0.5, 0.6) is 11.5 Å². The van der Waals surface area contributed by atoms with Crippen molar-refractivity contribution in [2.75, 3.05) is 19.5 Å². The van der Waals surface area contributed by atoms with Crippen LogP contribution >= 0.6 is 0 Å². The smallest absolute Gasteiger partial charge is 0.254 e. The maximum absolute atomic E-state index is 13.2. The lowest BCUT2D eigenvalue weighted by Gasteiger charge is -2.10. The van der Waals surface area contributed by atoms with Crippen LogP contribution in [-0.4, -0.2) is 34.9 Å². The third-order valence-electron chi connectivity index (χ3n) is 5.32. The van der Waals surface area contributed by atoms with Gasteiger partial charge in [-0.3, -0.25) is 4.79 Å². The van der Waals surface area contributed by atoms with Crippen LogP contribution in [0.1, 0.15) is 21.5 Å². The van der Waals surface area contributed by atoms with Gasteiger partial charge in [0, 0.05) is 12.1 Å². The van der Waals surface area contributed by atoms with Gasteiger partial charge in [-0.15, -0.1) is 5.10 Å². The number of rotatable bonds is 8. The monoisotopic (exact) mass is 460 g/mol. The number of ether oxygens (including phenoxy) is 2. The molecule has 0 saturated carbocycles. The van der Waals surface area contributed by atoms with Gasteiger partial charge in [0.25, 0.3) is 5.91 Å². The van der Waals surface area contributed by atoms with Crippen molar-refractivity contribution in [1.29, 1.82) is 0 Å². The van der Waals surface area contributed by atoms with E-state index in [1.54, 1.807) is 38.5 Å². The summed E-state index contributed by atoms with van der Waals surface area (Å²) >= 11 is 0. The summed E-state index contributed by atoms with van der Waals surface area (Å²) in [4.78, 5) is 17.8. The zero-order valence-corrected chi connectivity index (χ0v) is 19.2. The SMILES string of the molecule is COc1ccc(CC(=O)n2nc(-c3ccc(C)cc3)nc2NCc2ccc(F)cc2)cc1OC. The Morgan fingerprint density at radius 3 is 2.29 bits per heavy atom. The molecule has 0 aliphatic carbocycles. The summed E-state index contributed by atoms with van der Waals surface area (Å²) in [6.07, 6.45) is 0.0856. The summed E-state index contributed by atoms with van der Waals surface area (Å²) in [5.74, 6) is 1.30. The van der Waals surface area contributed by atoms with E-state index in [-0.39, 0.29) is 18.1 Å². The lowest BCUT2D eigenvalue weighted by molar-refractivity contribution is 0.0901. The highest BCUT2D eigenvalue weighted by Crippen LogP contribution is 2.28. The molecule has 0 atom stereocenters. The number of nitrogens with zero attached hydrogens (tertiary/aromatic N) is 3. The Morgan fingerprint density at radius 1 is 0.941 bits per heavy atom. The van der Waals surface area contributed by atoms with Crippen molar-refractivity contribution in [2.24, 2.45) is 0 Å². The predicted molar refractivity (Wildman–Crippen MR) is 128 cm³/mol. The van der Waals surface area contributed by atoms with Gasteiger partial charge in [-0.1, -0.05) is 48.0 Å². The predicted octanol–water partition coefficient (Wildman–Crippen LogP) is 4.90. The molecular weight excluding hydrogens is 435 g/mol. The first-order chi connectivity index (χ1) is 16.5. The molecule has 0 bridgehead atoms. The fraction of sp³-hybridized carbons (Fsp3) is 0.192. The average molecular weight is 461 g/mol. The molecule has 0 saturated heterocycles. The topological polar surface area (TPSA) is 78.3 Å². The van der Waals surface area contributed by atoms with Crippen LogP contribution in [0.25, 0.3) is 11.4 Å². The Hall–Kier alpha value is -4.20. The first kappa shape index (κ1) is 23.0. The fourth-order valence-corrected chi connectivity index (χ4v) is 3.45. The van der Waals surface area contributed by atoms with Gasteiger partial charge in [-0.05, 0) is 42.3 Å². The summed E-state index contributed by atoms with van der Waals surface area (Å²) in [5, 5.41) is 7.65. The Morgan fingerprint density at radius 2 is 1.62 bits per heavy atom. The van der Waals surface area contributed by atoms with E-state index in [1.165, 1.54) is 16.8 Å². The molecule has 0 amide bonds. The largest absolute Gasteiger partial charge is 0.493 e. The van der Waals surface area contributed by atoms with E-state index in [2.05, 4.69) is 15.4 Å². The number of nitrogens with one attached hydrogen (secondary N) is 1. The molecule has 1 N–H and O–H groups in total. The van der Waals surface area contributed by atoms with Crippen molar-refractivity contribution in [1.82, 2.24) is 14.8 Å². The summed E-state index contributed by atoms with van der Waals surface area (Å²) < 4.78 is 25.1. The number of benzene rings is 3. The average Bonchev–Trinajstić information content (AvgIpc) is 3.28. The van der Waals surface area contributed by atoms with Crippen LogP contribution in [0.4, 0.5) is 10.3 Å². The molecule has 0 fully saturated rings. The van der Waals surface area contributed by atoms with Gasteiger partial charge in [0.15, 0.2) is 17.3 Å². The summed E-state index contributed by atoms with van der Waals surface area (Å²) in [5.41, 5.74) is 3.51. The molecule has 1 aromatic heterocycles. The molecule has 0 aliphatic heterocycles.